The predicted octanol–water partition coefficient (Wildman–Crippen LogP) is 1.43. The molecule has 0 heterocycles. The van der Waals surface area contributed by atoms with Crippen molar-refractivity contribution >= 4 is 0 Å². The molecule has 0 aromatic rings. The third-order valence-corrected chi connectivity index (χ3v) is 0.740. The van der Waals surface area contributed by atoms with E-state index >= 15 is 0 Å². The number of aliphatic hydroxyl groups is 1. The molecular weight excluding hydrogens is 116 g/mol. The summed E-state index contributed by atoms with van der Waals surface area (Å²) in [6, 6.07) is 0. The first kappa shape index (κ1) is 11.7. The summed E-state index contributed by atoms with van der Waals surface area (Å²) in [7, 11) is 1.63. The average molecular weight is 134 g/mol. The zero-order valence-electron chi connectivity index (χ0n) is 6.85. The highest BCUT2D eigenvalue weighted by molar-refractivity contribution is 4.42. The number of rotatable bonds is 3. The minimum Gasteiger partial charge on any atom is -0.393 e. The molecule has 58 valence electrons. The number of aliphatic hydroxyl groups excluding tert-OH is 1. The van der Waals surface area contributed by atoms with Crippen molar-refractivity contribution < 1.29 is 9.84 Å². The van der Waals surface area contributed by atoms with Crippen LogP contribution in [-0.2, 0) is 4.74 Å². The van der Waals surface area contributed by atoms with Gasteiger partial charge in [0.05, 0.1) is 6.10 Å². The first-order valence-corrected chi connectivity index (χ1v) is 3.44. The summed E-state index contributed by atoms with van der Waals surface area (Å²) >= 11 is 0. The molecule has 1 atom stereocenters. The highest BCUT2D eigenvalue weighted by atomic mass is 16.5. The van der Waals surface area contributed by atoms with Gasteiger partial charge in [0.1, 0.15) is 0 Å². The van der Waals surface area contributed by atoms with Crippen LogP contribution in [0.5, 0.6) is 0 Å². The Bertz CT molecular complexity index is 35.9. The molecule has 9 heavy (non-hydrogen) atoms. The van der Waals surface area contributed by atoms with Crippen molar-refractivity contribution in [2.45, 2.75) is 33.3 Å². The smallest absolute Gasteiger partial charge is 0.0534 e. The van der Waals surface area contributed by atoms with Gasteiger partial charge in [-0.15, -0.1) is 0 Å². The molecule has 0 aliphatic carbocycles. The molecule has 0 amide bonds. The molecule has 0 aliphatic rings. The zero-order valence-corrected chi connectivity index (χ0v) is 6.85. The van der Waals surface area contributed by atoms with E-state index in [1.807, 2.05) is 13.8 Å². The molecule has 0 saturated carbocycles. The van der Waals surface area contributed by atoms with Gasteiger partial charge in [0.15, 0.2) is 0 Å². The fourth-order valence-electron chi connectivity index (χ4n) is 0.288. The van der Waals surface area contributed by atoms with Crippen LogP contribution in [0.1, 0.15) is 27.2 Å². The van der Waals surface area contributed by atoms with E-state index in [1.54, 1.807) is 14.0 Å². The van der Waals surface area contributed by atoms with Crippen molar-refractivity contribution in [1.82, 2.24) is 0 Å². The van der Waals surface area contributed by atoms with Crippen LogP contribution in [0.2, 0.25) is 0 Å². The third-order valence-electron chi connectivity index (χ3n) is 0.740. The van der Waals surface area contributed by atoms with Crippen LogP contribution in [0.3, 0.4) is 0 Å². The van der Waals surface area contributed by atoms with Crippen molar-refractivity contribution in [1.29, 1.82) is 0 Å². The third kappa shape index (κ3) is 18.1. The Morgan fingerprint density at radius 3 is 2.00 bits per heavy atom. The van der Waals surface area contributed by atoms with E-state index < -0.39 is 0 Å². The van der Waals surface area contributed by atoms with E-state index in [0.717, 1.165) is 6.42 Å². The fraction of sp³-hybridized carbons (Fsp3) is 1.00. The molecular formula is C7H18O2. The monoisotopic (exact) mass is 134 g/mol. The van der Waals surface area contributed by atoms with Gasteiger partial charge in [-0.2, -0.15) is 0 Å². The van der Waals surface area contributed by atoms with Crippen LogP contribution in [-0.4, -0.2) is 24.9 Å². The fourth-order valence-corrected chi connectivity index (χ4v) is 0.288. The summed E-state index contributed by atoms with van der Waals surface area (Å²) in [5.74, 6) is 0. The van der Waals surface area contributed by atoms with Gasteiger partial charge in [-0.3, -0.25) is 0 Å². The lowest BCUT2D eigenvalue weighted by Gasteiger charge is -1.99. The molecule has 0 aromatic carbocycles. The molecule has 0 saturated heterocycles. The molecule has 0 spiro atoms. The topological polar surface area (TPSA) is 29.5 Å². The van der Waals surface area contributed by atoms with E-state index in [1.165, 1.54) is 0 Å². The number of ether oxygens (including phenoxy) is 1. The Hall–Kier alpha value is -0.0800. The summed E-state index contributed by atoms with van der Waals surface area (Å²) < 4.78 is 4.69. The second kappa shape index (κ2) is 10.8. The largest absolute Gasteiger partial charge is 0.393 e. The normalized spacial score (nSPS) is 11.7. The minimum absolute atomic E-state index is 0.222. The lowest BCUT2D eigenvalue weighted by atomic mass is 10.3. The SMILES string of the molecule is CC.COCCC(C)O. The van der Waals surface area contributed by atoms with Crippen LogP contribution in [0, 0.1) is 0 Å². The van der Waals surface area contributed by atoms with Gasteiger partial charge in [0, 0.05) is 13.7 Å². The number of methoxy groups -OCH3 is 1. The van der Waals surface area contributed by atoms with Crippen molar-refractivity contribution in [2.75, 3.05) is 13.7 Å². The van der Waals surface area contributed by atoms with Gasteiger partial charge in [-0.25, -0.2) is 0 Å². The molecule has 0 fully saturated rings. The van der Waals surface area contributed by atoms with Crippen LogP contribution in [0.25, 0.3) is 0 Å². The van der Waals surface area contributed by atoms with E-state index in [9.17, 15) is 0 Å². The van der Waals surface area contributed by atoms with Gasteiger partial charge in [0.25, 0.3) is 0 Å². The average Bonchev–Trinajstić information content (AvgIpc) is 1.88. The van der Waals surface area contributed by atoms with Crippen molar-refractivity contribution in [3.05, 3.63) is 0 Å². The van der Waals surface area contributed by atoms with Gasteiger partial charge < -0.3 is 9.84 Å². The van der Waals surface area contributed by atoms with Gasteiger partial charge in [-0.1, -0.05) is 13.8 Å². The molecule has 0 bridgehead atoms. The quantitative estimate of drug-likeness (QED) is 0.632. The Morgan fingerprint density at radius 2 is 1.89 bits per heavy atom. The molecule has 1 N–H and O–H groups in total. The first-order chi connectivity index (χ1) is 4.27. The summed E-state index contributed by atoms with van der Waals surface area (Å²) in [6.07, 6.45) is 0.510. The van der Waals surface area contributed by atoms with Crippen LogP contribution < -0.4 is 0 Å². The van der Waals surface area contributed by atoms with E-state index in [-0.39, 0.29) is 6.10 Å². The summed E-state index contributed by atoms with van der Waals surface area (Å²) in [5.41, 5.74) is 0. The summed E-state index contributed by atoms with van der Waals surface area (Å²) in [6.45, 7) is 6.40. The van der Waals surface area contributed by atoms with E-state index in [4.69, 9.17) is 9.84 Å². The van der Waals surface area contributed by atoms with Gasteiger partial charge >= 0.3 is 0 Å². The maximum absolute atomic E-state index is 8.60. The first-order valence-electron chi connectivity index (χ1n) is 3.44. The summed E-state index contributed by atoms with van der Waals surface area (Å²) in [5, 5.41) is 8.60. The van der Waals surface area contributed by atoms with Crippen molar-refractivity contribution in [3.63, 3.8) is 0 Å². The Morgan fingerprint density at radius 1 is 1.44 bits per heavy atom. The van der Waals surface area contributed by atoms with Crippen molar-refractivity contribution in [2.24, 2.45) is 0 Å². The van der Waals surface area contributed by atoms with E-state index in [2.05, 4.69) is 0 Å². The summed E-state index contributed by atoms with van der Waals surface area (Å²) in [4.78, 5) is 0. The number of hydrogen-bond acceptors (Lipinski definition) is 2. The molecule has 0 rings (SSSR count). The van der Waals surface area contributed by atoms with Crippen molar-refractivity contribution in [3.8, 4) is 0 Å². The van der Waals surface area contributed by atoms with Crippen LogP contribution in [0.15, 0.2) is 0 Å². The molecule has 2 heteroatoms. The molecule has 2 nitrogen and oxygen atoms in total. The highest BCUT2D eigenvalue weighted by Gasteiger charge is 1.90. The Labute approximate surface area is 57.8 Å². The highest BCUT2D eigenvalue weighted by Crippen LogP contribution is 1.86. The van der Waals surface area contributed by atoms with Gasteiger partial charge in [0.2, 0.25) is 0 Å². The minimum atomic E-state index is -0.222. The second-order valence-electron chi connectivity index (χ2n) is 1.63. The lowest BCUT2D eigenvalue weighted by molar-refractivity contribution is 0.121. The second-order valence-corrected chi connectivity index (χ2v) is 1.63. The molecule has 0 radical (unpaired) electrons. The lowest BCUT2D eigenvalue weighted by Crippen LogP contribution is -2.03. The maximum atomic E-state index is 8.60. The predicted molar refractivity (Wildman–Crippen MR) is 39.5 cm³/mol. The molecule has 1 unspecified atom stereocenters. The zero-order chi connectivity index (χ0) is 7.70. The molecule has 0 aliphatic heterocycles. The maximum Gasteiger partial charge on any atom is 0.0534 e. The molecule has 0 aromatic heterocycles. The Kier molecular flexibility index (Phi) is 14.0. The van der Waals surface area contributed by atoms with Crippen LogP contribution >= 0.6 is 0 Å². The van der Waals surface area contributed by atoms with E-state index in [0.29, 0.717) is 6.61 Å². The van der Waals surface area contributed by atoms with Gasteiger partial charge in [-0.05, 0) is 13.3 Å². The van der Waals surface area contributed by atoms with Crippen LogP contribution in [0.4, 0.5) is 0 Å². The Balaban J connectivity index is 0. The number of hydrogen-bond donors (Lipinski definition) is 1. The standard InChI is InChI=1S/C5H12O2.C2H6/c1-5(6)3-4-7-2;1-2/h5-6H,3-4H2,1-2H3;1-2H3.